The molecule has 0 atom stereocenters. The number of hydrogen-bond donors (Lipinski definition) is 0. The van der Waals surface area contributed by atoms with Crippen LogP contribution in [-0.4, -0.2) is 40.6 Å². The second-order valence-corrected chi connectivity index (χ2v) is 6.68. The van der Waals surface area contributed by atoms with Crippen molar-refractivity contribution in [2.45, 2.75) is 33.2 Å². The average Bonchev–Trinajstić information content (AvgIpc) is 2.94. The van der Waals surface area contributed by atoms with Crippen molar-refractivity contribution in [2.24, 2.45) is 0 Å². The first-order valence-corrected chi connectivity index (χ1v) is 9.40. The van der Waals surface area contributed by atoms with Gasteiger partial charge in [0, 0.05) is 18.7 Å². The summed E-state index contributed by atoms with van der Waals surface area (Å²) in [5.74, 6) is -0.529. The maximum absolute atomic E-state index is 12.6. The second kappa shape index (κ2) is 8.16. The Morgan fingerprint density at radius 2 is 1.52 bits per heavy atom. The first kappa shape index (κ1) is 18.8. The second-order valence-electron chi connectivity index (χ2n) is 6.68. The van der Waals surface area contributed by atoms with Gasteiger partial charge < -0.3 is 4.90 Å². The van der Waals surface area contributed by atoms with Crippen LogP contribution in [0.3, 0.4) is 0 Å². The zero-order valence-corrected chi connectivity index (χ0v) is 15.8. The fourth-order valence-electron chi connectivity index (χ4n) is 3.25. The Balaban J connectivity index is 1.71. The summed E-state index contributed by atoms with van der Waals surface area (Å²) in [6, 6.07) is 14.0. The molecule has 0 fully saturated rings. The normalized spacial score (nSPS) is 13.0. The van der Waals surface area contributed by atoms with Crippen molar-refractivity contribution < 1.29 is 14.4 Å². The largest absolute Gasteiger partial charge is 0.339 e. The molecule has 5 nitrogen and oxygen atoms in total. The fourth-order valence-corrected chi connectivity index (χ4v) is 3.25. The molecule has 2 aromatic rings. The van der Waals surface area contributed by atoms with Gasteiger partial charge in [-0.15, -0.1) is 0 Å². The van der Waals surface area contributed by atoms with Crippen LogP contribution in [0, 0.1) is 0 Å². The molecule has 0 aliphatic carbocycles. The number of carbonyl (C=O) groups excluding carboxylic acids is 3. The first-order chi connectivity index (χ1) is 13.1. The van der Waals surface area contributed by atoms with Crippen LogP contribution in [0.1, 0.15) is 63.3 Å². The molecule has 0 saturated carbocycles. The average molecular weight is 364 g/mol. The number of imide groups is 1. The smallest absolute Gasteiger partial charge is 0.261 e. The van der Waals surface area contributed by atoms with Crippen molar-refractivity contribution in [2.75, 3.05) is 13.1 Å². The lowest BCUT2D eigenvalue weighted by Gasteiger charge is -2.21. The molecule has 0 aromatic heterocycles. The Morgan fingerprint density at radius 1 is 0.926 bits per heavy atom. The van der Waals surface area contributed by atoms with Crippen molar-refractivity contribution in [3.05, 3.63) is 70.8 Å². The van der Waals surface area contributed by atoms with E-state index in [1.54, 1.807) is 36.4 Å². The van der Waals surface area contributed by atoms with Gasteiger partial charge in [-0.25, -0.2) is 0 Å². The Morgan fingerprint density at radius 3 is 2.04 bits per heavy atom. The molecule has 2 aromatic carbocycles. The van der Waals surface area contributed by atoms with Crippen LogP contribution in [0.4, 0.5) is 0 Å². The van der Waals surface area contributed by atoms with Gasteiger partial charge in [-0.2, -0.15) is 0 Å². The highest BCUT2D eigenvalue weighted by atomic mass is 16.2. The summed E-state index contributed by atoms with van der Waals surface area (Å²) in [5.41, 5.74) is 2.34. The van der Waals surface area contributed by atoms with Crippen LogP contribution in [0.2, 0.25) is 0 Å². The Bertz CT molecular complexity index is 823. The molecule has 3 amide bonds. The third-order valence-electron chi connectivity index (χ3n) is 4.87. The Labute approximate surface area is 159 Å². The molecule has 5 heteroatoms. The number of benzene rings is 2. The maximum atomic E-state index is 12.6. The third-order valence-corrected chi connectivity index (χ3v) is 4.87. The highest BCUT2D eigenvalue weighted by Crippen LogP contribution is 2.24. The first-order valence-electron chi connectivity index (χ1n) is 9.40. The summed E-state index contributed by atoms with van der Waals surface area (Å²) in [5, 5.41) is 0. The summed E-state index contributed by atoms with van der Waals surface area (Å²) in [6.45, 7) is 5.71. The van der Waals surface area contributed by atoms with E-state index in [4.69, 9.17) is 0 Å². The summed E-state index contributed by atoms with van der Waals surface area (Å²) in [4.78, 5) is 40.6. The van der Waals surface area contributed by atoms with E-state index in [2.05, 4.69) is 6.92 Å². The minimum absolute atomic E-state index is 0.0123. The van der Waals surface area contributed by atoms with E-state index in [1.165, 1.54) is 4.90 Å². The quantitative estimate of drug-likeness (QED) is 0.703. The summed E-state index contributed by atoms with van der Waals surface area (Å²) in [6.07, 6.45) is 2.03. The van der Waals surface area contributed by atoms with Crippen LogP contribution in [0.25, 0.3) is 0 Å². The molecular formula is C22H24N2O3. The van der Waals surface area contributed by atoms with Crippen molar-refractivity contribution in [3.8, 4) is 0 Å². The van der Waals surface area contributed by atoms with E-state index in [0.717, 1.165) is 24.9 Å². The van der Waals surface area contributed by atoms with Crippen LogP contribution in [0.15, 0.2) is 48.5 Å². The third kappa shape index (κ3) is 3.77. The van der Waals surface area contributed by atoms with Crippen molar-refractivity contribution >= 4 is 17.7 Å². The van der Waals surface area contributed by atoms with Gasteiger partial charge in [-0.05, 0) is 43.2 Å². The fraction of sp³-hybridized carbons (Fsp3) is 0.318. The maximum Gasteiger partial charge on any atom is 0.261 e. The highest BCUT2D eigenvalue weighted by Gasteiger charge is 2.34. The molecule has 1 aliphatic heterocycles. The number of rotatable bonds is 7. The standard InChI is InChI=1S/C22H24N2O3/c1-3-5-14-23(4-2)20(25)17-12-10-16(11-13-17)15-24-21(26)18-8-6-7-9-19(18)22(24)27/h6-13H,3-5,14-15H2,1-2H3. The van der Waals surface area contributed by atoms with Crippen molar-refractivity contribution in [3.63, 3.8) is 0 Å². The summed E-state index contributed by atoms with van der Waals surface area (Å²) in [7, 11) is 0. The monoisotopic (exact) mass is 364 g/mol. The van der Waals surface area contributed by atoms with Gasteiger partial charge in [0.15, 0.2) is 0 Å². The number of hydrogen-bond acceptors (Lipinski definition) is 3. The van der Waals surface area contributed by atoms with Crippen LogP contribution >= 0.6 is 0 Å². The van der Waals surface area contributed by atoms with Crippen molar-refractivity contribution in [1.82, 2.24) is 9.80 Å². The SMILES string of the molecule is CCCCN(CC)C(=O)c1ccc(CN2C(=O)c3ccccc3C2=O)cc1. The van der Waals surface area contributed by atoms with Gasteiger partial charge in [0.1, 0.15) is 0 Å². The van der Waals surface area contributed by atoms with Gasteiger partial charge in [0.25, 0.3) is 17.7 Å². The van der Waals surface area contributed by atoms with Crippen molar-refractivity contribution in [1.29, 1.82) is 0 Å². The number of carbonyl (C=O) groups is 3. The van der Waals surface area contributed by atoms with Crippen LogP contribution in [-0.2, 0) is 6.54 Å². The van der Waals surface area contributed by atoms with E-state index in [1.807, 2.05) is 24.0 Å². The number of fused-ring (bicyclic) bond motifs is 1. The minimum atomic E-state index is -0.271. The lowest BCUT2D eigenvalue weighted by molar-refractivity contribution is 0.0641. The van der Waals surface area contributed by atoms with E-state index >= 15 is 0 Å². The van der Waals surface area contributed by atoms with Gasteiger partial charge in [-0.1, -0.05) is 37.6 Å². The molecule has 1 aliphatic rings. The highest BCUT2D eigenvalue weighted by molar-refractivity contribution is 6.21. The molecule has 3 rings (SSSR count). The zero-order chi connectivity index (χ0) is 19.4. The van der Waals surface area contributed by atoms with Gasteiger partial charge in [0.2, 0.25) is 0 Å². The number of unbranched alkanes of at least 4 members (excludes halogenated alkanes) is 1. The molecule has 0 saturated heterocycles. The minimum Gasteiger partial charge on any atom is -0.339 e. The molecule has 140 valence electrons. The van der Waals surface area contributed by atoms with E-state index in [9.17, 15) is 14.4 Å². The van der Waals surface area contributed by atoms with E-state index in [0.29, 0.717) is 23.2 Å². The zero-order valence-electron chi connectivity index (χ0n) is 15.8. The summed E-state index contributed by atoms with van der Waals surface area (Å²) >= 11 is 0. The van der Waals surface area contributed by atoms with E-state index in [-0.39, 0.29) is 24.3 Å². The molecule has 0 spiro atoms. The number of amides is 3. The predicted molar refractivity (Wildman–Crippen MR) is 104 cm³/mol. The Kier molecular flexibility index (Phi) is 5.69. The van der Waals surface area contributed by atoms with Gasteiger partial charge >= 0.3 is 0 Å². The lowest BCUT2D eigenvalue weighted by Crippen LogP contribution is -2.32. The molecule has 0 bridgehead atoms. The molecule has 0 radical (unpaired) electrons. The van der Waals surface area contributed by atoms with Gasteiger partial charge in [0.05, 0.1) is 17.7 Å². The predicted octanol–water partition coefficient (Wildman–Crippen LogP) is 3.75. The summed E-state index contributed by atoms with van der Waals surface area (Å²) < 4.78 is 0. The Hall–Kier alpha value is -2.95. The molecule has 1 heterocycles. The molecule has 27 heavy (non-hydrogen) atoms. The van der Waals surface area contributed by atoms with Crippen LogP contribution < -0.4 is 0 Å². The number of nitrogens with zero attached hydrogens (tertiary/aromatic N) is 2. The van der Waals surface area contributed by atoms with E-state index < -0.39 is 0 Å². The molecular weight excluding hydrogens is 340 g/mol. The topological polar surface area (TPSA) is 57.7 Å². The van der Waals surface area contributed by atoms with Crippen LogP contribution in [0.5, 0.6) is 0 Å². The molecule has 0 unspecified atom stereocenters. The lowest BCUT2D eigenvalue weighted by atomic mass is 10.1. The molecule has 0 N–H and O–H groups in total. The van der Waals surface area contributed by atoms with Gasteiger partial charge in [-0.3, -0.25) is 19.3 Å².